The number of carboxylic acids is 1. The van der Waals surface area contributed by atoms with Crippen LogP contribution in [0.25, 0.3) is 22.3 Å². The number of carbonyl (C=O) groups excluding carboxylic acids is 7. The fraction of sp³-hybridized carbons (Fsp3) is 0.298. The van der Waals surface area contributed by atoms with Crippen LogP contribution in [0.3, 0.4) is 0 Å². The summed E-state index contributed by atoms with van der Waals surface area (Å²) in [5.41, 5.74) is 23.2. The van der Waals surface area contributed by atoms with Crippen LogP contribution in [0, 0.1) is 13.8 Å². The minimum Gasteiger partial charge on any atom is -0.497 e. The number of anilines is 2. The third-order valence-electron chi connectivity index (χ3n) is 26.7. The number of nitrogens with two attached hydrogens (primary N) is 1. The highest BCUT2D eigenvalue weighted by Crippen LogP contribution is 2.50. The molecule has 145 heavy (non-hydrogen) atoms. The molecule has 31 nitrogen and oxygen atoms in total. The summed E-state index contributed by atoms with van der Waals surface area (Å²) in [5, 5.41) is 41.9. The van der Waals surface area contributed by atoms with Crippen LogP contribution in [0.2, 0.25) is 0 Å². The van der Waals surface area contributed by atoms with Crippen molar-refractivity contribution in [2.24, 2.45) is 5.73 Å². The van der Waals surface area contributed by atoms with Crippen molar-refractivity contribution in [3.05, 3.63) is 333 Å². The van der Waals surface area contributed by atoms with Gasteiger partial charge < -0.3 is 104 Å². The maximum absolute atomic E-state index is 14.4. The molecule has 12 aromatic carbocycles. The van der Waals surface area contributed by atoms with Gasteiger partial charge >= 0.3 is 18.2 Å². The number of amides is 5. The Bertz CT molecular complexity index is 6570. The molecule has 12 aromatic rings. The summed E-state index contributed by atoms with van der Waals surface area (Å²) in [5.74, 6) is 1.56. The van der Waals surface area contributed by atoms with Gasteiger partial charge in [0.2, 0.25) is 5.91 Å². The molecule has 2 saturated heterocycles. The SMILES string of the molecule is COc1cc2c(cc1OCCC(=O)O)N(C(=O)OCC1c3ccccc3-c3ccccc31)[C@@H](O)[C@@H]1CCCN1C2=O.COc1ccc(C(N)c2ccc(OCC(=O)CNCc3ccc(C)cc3)cc2)c(OC)c1.COc1ccc(C(NC(=O)CCOc2cc3c(cc2OC)C(=O)N2CCC[C@H]2[C@H](O)N3C(=O)OCC2c3ccccc3-c3ccccc32)c2ccc(OCC(=O)CNCc3ccc(C)cc3)cc2)c(OC)c1. The lowest BCUT2D eigenvalue weighted by Crippen LogP contribution is -2.51. The van der Waals surface area contributed by atoms with Gasteiger partial charge in [-0.3, -0.25) is 28.8 Å². The molecule has 0 spiro atoms. The average Bonchev–Trinajstić information content (AvgIpc) is 1.61. The number of hydrogen-bond donors (Lipinski definition) is 7. The first-order chi connectivity index (χ1) is 70.4. The van der Waals surface area contributed by atoms with Crippen molar-refractivity contribution in [2.45, 2.75) is 114 Å². The number of nitrogens with zero attached hydrogens (tertiary/aromatic N) is 4. The molecule has 8 N–H and O–H groups in total. The zero-order valence-electron chi connectivity index (χ0n) is 82.0. The second-order valence-electron chi connectivity index (χ2n) is 35.9. The highest BCUT2D eigenvalue weighted by atomic mass is 16.6. The van der Waals surface area contributed by atoms with E-state index < -0.39 is 48.7 Å². The summed E-state index contributed by atoms with van der Waals surface area (Å²) >= 11 is 0. The molecule has 4 aliphatic heterocycles. The van der Waals surface area contributed by atoms with Crippen LogP contribution in [0.1, 0.15) is 150 Å². The van der Waals surface area contributed by atoms with Crippen molar-refractivity contribution in [1.82, 2.24) is 25.8 Å². The molecule has 2 fully saturated rings. The van der Waals surface area contributed by atoms with Gasteiger partial charge in [-0.15, -0.1) is 0 Å². The summed E-state index contributed by atoms with van der Waals surface area (Å²) in [6.07, 6.45) is -2.43. The first-order valence-electron chi connectivity index (χ1n) is 48.1. The Balaban J connectivity index is 0.000000173. The Morgan fingerprint density at radius 3 is 1.19 bits per heavy atom. The number of aliphatic hydroxyl groups excluding tert-OH is 2. The molecule has 0 saturated carbocycles. The number of methoxy groups -OCH3 is 6. The molecule has 2 aliphatic carbocycles. The van der Waals surface area contributed by atoms with Gasteiger partial charge in [-0.25, -0.2) is 19.4 Å². The summed E-state index contributed by atoms with van der Waals surface area (Å²) in [7, 11) is 9.15. The van der Waals surface area contributed by atoms with Crippen LogP contribution < -0.4 is 78.9 Å². The zero-order chi connectivity index (χ0) is 102. The number of Topliss-reactive ketones (excluding diaryl/α,β-unsaturated/α-hetero) is 2. The molecule has 0 radical (unpaired) electrons. The largest absolute Gasteiger partial charge is 0.497 e. The first kappa shape index (κ1) is 102. The predicted molar refractivity (Wildman–Crippen MR) is 544 cm³/mol. The Kier molecular flexibility index (Phi) is 33.4. The van der Waals surface area contributed by atoms with Crippen molar-refractivity contribution < 1.29 is 111 Å². The number of ketones is 2. The van der Waals surface area contributed by atoms with E-state index >= 15 is 0 Å². The van der Waals surface area contributed by atoms with Crippen LogP contribution >= 0.6 is 0 Å². The first-order valence-corrected chi connectivity index (χ1v) is 48.1. The predicted octanol–water partition coefficient (Wildman–Crippen LogP) is 16.2. The van der Waals surface area contributed by atoms with Gasteiger partial charge in [-0.1, -0.05) is 181 Å². The standard InChI is InChI=1S/C57H58N4O11.C31H30N2O8.C26H30N2O4/c1-35-15-17-36(18-16-35)31-58-32-38(62)33-71-39-21-19-37(20-22-39)54(45-24-23-40(67-2)28-50(45)68-3)59-53(63)25-27-70-52-30-49-46(29-51(52)69-4)55(64)60-26-9-14-48(60)56(65)61(49)57(66)72-34-47-43-12-7-5-10-41(43)42-11-6-8-13-44(42)47;1-39-26-15-22-25(16-27(26)40-14-12-28(34)35)33(30(37)24-11-6-13-32(24)29(22)36)31(38)41-17-23-20-9-4-2-7-18(20)19-8-3-5-10-21(19)23;1-18-4-6-19(7-5-18)15-28-16-21(29)17-32-22-10-8-20(9-11-22)26(27)24-13-12-23(30-2)14-25(24)31-3/h5-8,10-13,15-24,28-30,47-48,54,56,58,65H,9,14,25-27,31-34H2,1-4H3,(H,59,63);2-5,7-10,15-16,23-24,30,37H,6,11-14,17H2,1H3,(H,34,35);4-14,26,28H,15-17,27H2,1-3H3/t48-,54?,56-;24-,30-;/m00./s1. The van der Waals surface area contributed by atoms with E-state index in [2.05, 4.69) is 52.3 Å². The fourth-order valence-electron chi connectivity index (χ4n) is 19.2. The Hall–Kier alpha value is -15.8. The summed E-state index contributed by atoms with van der Waals surface area (Å²) < 4.78 is 68.4. The van der Waals surface area contributed by atoms with Gasteiger partial charge in [0.15, 0.2) is 47.0 Å². The van der Waals surface area contributed by atoms with Gasteiger partial charge in [0.25, 0.3) is 11.8 Å². The maximum atomic E-state index is 14.4. The van der Waals surface area contributed by atoms with Crippen LogP contribution in [0.4, 0.5) is 21.0 Å². The number of hydrogen-bond acceptors (Lipinski definition) is 25. The topological polar surface area (TPSA) is 383 Å². The zero-order valence-corrected chi connectivity index (χ0v) is 82.0. The van der Waals surface area contributed by atoms with E-state index in [-0.39, 0.29) is 158 Å². The smallest absolute Gasteiger partial charge is 0.416 e. The number of benzene rings is 12. The van der Waals surface area contributed by atoms with E-state index in [1.165, 1.54) is 56.7 Å². The number of carbonyl (C=O) groups is 8. The molecule has 2 unspecified atom stereocenters. The fourth-order valence-corrected chi connectivity index (χ4v) is 19.2. The lowest BCUT2D eigenvalue weighted by molar-refractivity contribution is -0.137. The molecule has 0 bridgehead atoms. The van der Waals surface area contributed by atoms with Crippen molar-refractivity contribution in [3.63, 3.8) is 0 Å². The molecule has 6 aliphatic rings. The number of aliphatic hydroxyl groups is 2. The van der Waals surface area contributed by atoms with E-state index in [1.54, 1.807) is 55.4 Å². The van der Waals surface area contributed by atoms with E-state index in [9.17, 15) is 48.6 Å². The maximum Gasteiger partial charge on any atom is 0.416 e. The Morgan fingerprint density at radius 2 is 0.786 bits per heavy atom. The molecule has 4 heterocycles. The molecule has 0 aromatic heterocycles. The van der Waals surface area contributed by atoms with Crippen molar-refractivity contribution in [1.29, 1.82) is 0 Å². The number of ether oxygens (including phenoxy) is 12. The number of carboxylic acid groups (broad SMARTS) is 1. The summed E-state index contributed by atoms with van der Waals surface area (Å²) in [6.45, 7) is 6.19. The second-order valence-corrected chi connectivity index (χ2v) is 35.9. The van der Waals surface area contributed by atoms with Gasteiger partial charge in [0, 0.05) is 73.4 Å². The van der Waals surface area contributed by atoms with Crippen LogP contribution in [0.5, 0.6) is 57.5 Å². The molecular formula is C114H118N8O23. The minimum absolute atomic E-state index is 0.00165. The highest BCUT2D eigenvalue weighted by molar-refractivity contribution is 6.07. The van der Waals surface area contributed by atoms with Gasteiger partial charge in [0.05, 0.1) is 128 Å². The lowest BCUT2D eigenvalue weighted by Gasteiger charge is -2.32. The number of aryl methyl sites for hydroxylation is 2. The monoisotopic (exact) mass is 1970 g/mol. The van der Waals surface area contributed by atoms with E-state index in [1.807, 2.05) is 184 Å². The van der Waals surface area contributed by atoms with Crippen molar-refractivity contribution in [3.8, 4) is 79.7 Å². The average molecular weight is 1970 g/mol. The molecule has 6 atom stereocenters. The van der Waals surface area contributed by atoms with Crippen LogP contribution in [-0.2, 0) is 41.7 Å². The lowest BCUT2D eigenvalue weighted by atomic mass is 9.97. The van der Waals surface area contributed by atoms with E-state index in [0.717, 1.165) is 76.6 Å². The van der Waals surface area contributed by atoms with Gasteiger partial charge in [0.1, 0.15) is 60.9 Å². The quantitative estimate of drug-likeness (QED) is 0.0190. The van der Waals surface area contributed by atoms with Crippen LogP contribution in [0.15, 0.2) is 255 Å². The molecule has 18 rings (SSSR count). The number of rotatable bonds is 37. The third-order valence-corrected chi connectivity index (χ3v) is 26.7. The molecule has 752 valence electrons. The van der Waals surface area contributed by atoms with E-state index in [0.29, 0.717) is 97.5 Å². The molecule has 31 heteroatoms. The van der Waals surface area contributed by atoms with E-state index in [4.69, 9.17) is 67.7 Å². The second kappa shape index (κ2) is 47.4. The highest BCUT2D eigenvalue weighted by Gasteiger charge is 2.48. The number of nitrogens with one attached hydrogen (secondary N) is 3. The number of aliphatic carboxylic acids is 1. The molecule has 5 amide bonds. The van der Waals surface area contributed by atoms with Crippen molar-refractivity contribution in [2.75, 3.05) is 118 Å². The van der Waals surface area contributed by atoms with Gasteiger partial charge in [-0.2, -0.15) is 0 Å². The third kappa shape index (κ3) is 23.6. The number of fused-ring (bicyclic) bond motifs is 10. The Labute approximate surface area is 840 Å². The van der Waals surface area contributed by atoms with Crippen LogP contribution in [-0.4, -0.2) is 206 Å². The Morgan fingerprint density at radius 1 is 0.407 bits per heavy atom. The van der Waals surface area contributed by atoms with Crippen molar-refractivity contribution >= 4 is 58.8 Å². The minimum atomic E-state index is -1.42. The molecular weight excluding hydrogens is 1850 g/mol. The summed E-state index contributed by atoms with van der Waals surface area (Å²) in [6, 6.07) is 77.3. The normalized spacial score (nSPS) is 16.0. The summed E-state index contributed by atoms with van der Waals surface area (Å²) in [4.78, 5) is 111. The van der Waals surface area contributed by atoms with Gasteiger partial charge in [-0.05, 0) is 167 Å².